The summed E-state index contributed by atoms with van der Waals surface area (Å²) in [7, 11) is 3.58. The van der Waals surface area contributed by atoms with Crippen LogP contribution in [0.15, 0.2) is 24.3 Å². The highest BCUT2D eigenvalue weighted by Gasteiger charge is 2.21. The smallest absolute Gasteiger partial charge is 0.254 e. The highest BCUT2D eigenvalue weighted by Crippen LogP contribution is 2.14. The Morgan fingerprint density at radius 2 is 2.10 bits per heavy atom. The summed E-state index contributed by atoms with van der Waals surface area (Å²) in [6.45, 7) is 6.12. The van der Waals surface area contributed by atoms with Gasteiger partial charge in [0.1, 0.15) is 0 Å². The number of nitrogens with one attached hydrogen (secondary N) is 1. The van der Waals surface area contributed by atoms with Gasteiger partial charge in [-0.05, 0) is 45.5 Å². The number of amides is 1. The molecule has 0 bridgehead atoms. The molecule has 1 unspecified atom stereocenters. The molecule has 1 atom stereocenters. The summed E-state index contributed by atoms with van der Waals surface area (Å²) in [5.41, 5.74) is 1.89. The van der Waals surface area contributed by atoms with Crippen LogP contribution in [0.2, 0.25) is 0 Å². The standard InChI is InChI=1S/C16H26N2O2/c1-5-18(13(2)12-20-4)16(19)15-9-7-6-8-14(15)10-11-17-3/h6-9,13,17H,5,10-12H2,1-4H3. The molecule has 1 amide bonds. The van der Waals surface area contributed by atoms with Gasteiger partial charge in [-0.2, -0.15) is 0 Å². The molecule has 0 fully saturated rings. The van der Waals surface area contributed by atoms with Gasteiger partial charge in [0.05, 0.1) is 12.6 Å². The molecule has 0 heterocycles. The molecule has 4 heteroatoms. The molecular weight excluding hydrogens is 252 g/mol. The highest BCUT2D eigenvalue weighted by atomic mass is 16.5. The highest BCUT2D eigenvalue weighted by molar-refractivity contribution is 5.95. The lowest BCUT2D eigenvalue weighted by Crippen LogP contribution is -2.41. The third-order valence-electron chi connectivity index (χ3n) is 3.43. The van der Waals surface area contributed by atoms with Crippen LogP contribution in [-0.2, 0) is 11.2 Å². The van der Waals surface area contributed by atoms with Gasteiger partial charge < -0.3 is 15.0 Å². The van der Waals surface area contributed by atoms with Gasteiger partial charge in [-0.1, -0.05) is 18.2 Å². The van der Waals surface area contributed by atoms with Gasteiger partial charge >= 0.3 is 0 Å². The molecule has 0 aliphatic heterocycles. The predicted molar refractivity (Wildman–Crippen MR) is 82.1 cm³/mol. The number of ether oxygens (including phenoxy) is 1. The van der Waals surface area contributed by atoms with Crippen molar-refractivity contribution < 1.29 is 9.53 Å². The van der Waals surface area contributed by atoms with Crippen LogP contribution in [0.4, 0.5) is 0 Å². The number of hydrogen-bond donors (Lipinski definition) is 1. The number of rotatable bonds is 8. The van der Waals surface area contributed by atoms with Crippen molar-refractivity contribution in [3.63, 3.8) is 0 Å². The van der Waals surface area contributed by atoms with E-state index in [4.69, 9.17) is 4.74 Å². The fourth-order valence-corrected chi connectivity index (χ4v) is 2.35. The van der Waals surface area contributed by atoms with Gasteiger partial charge in [-0.3, -0.25) is 4.79 Å². The van der Waals surface area contributed by atoms with E-state index in [1.807, 2.05) is 50.1 Å². The van der Waals surface area contributed by atoms with E-state index < -0.39 is 0 Å². The summed E-state index contributed by atoms with van der Waals surface area (Å²) < 4.78 is 5.16. The Labute approximate surface area is 122 Å². The fraction of sp³-hybridized carbons (Fsp3) is 0.562. The predicted octanol–water partition coefficient (Wildman–Crippen LogP) is 1.95. The van der Waals surface area contributed by atoms with Crippen LogP contribution in [0.25, 0.3) is 0 Å². The zero-order valence-corrected chi connectivity index (χ0v) is 13.0. The average molecular weight is 278 g/mol. The van der Waals surface area contributed by atoms with Crippen molar-refractivity contribution >= 4 is 5.91 Å². The summed E-state index contributed by atoms with van der Waals surface area (Å²) in [5.74, 6) is 0.0868. The van der Waals surface area contributed by atoms with Crippen molar-refractivity contribution in [1.82, 2.24) is 10.2 Å². The second-order valence-corrected chi connectivity index (χ2v) is 4.91. The van der Waals surface area contributed by atoms with Crippen molar-refractivity contribution in [3.05, 3.63) is 35.4 Å². The number of carbonyl (C=O) groups excluding carboxylic acids is 1. The minimum atomic E-state index is 0.0786. The molecule has 0 saturated heterocycles. The molecule has 0 spiro atoms. The van der Waals surface area contributed by atoms with E-state index in [-0.39, 0.29) is 11.9 Å². The third-order valence-corrected chi connectivity index (χ3v) is 3.43. The molecule has 1 rings (SSSR count). The molecular formula is C16H26N2O2. The maximum Gasteiger partial charge on any atom is 0.254 e. The number of hydrogen-bond acceptors (Lipinski definition) is 3. The van der Waals surface area contributed by atoms with Crippen molar-refractivity contribution in [1.29, 1.82) is 0 Å². The molecule has 0 aliphatic rings. The lowest BCUT2D eigenvalue weighted by atomic mass is 10.0. The molecule has 1 aromatic rings. The van der Waals surface area contributed by atoms with E-state index >= 15 is 0 Å². The molecule has 1 aromatic carbocycles. The van der Waals surface area contributed by atoms with Gasteiger partial charge in [0.25, 0.3) is 5.91 Å². The summed E-state index contributed by atoms with van der Waals surface area (Å²) in [5, 5.41) is 3.12. The van der Waals surface area contributed by atoms with E-state index in [0.717, 1.165) is 24.1 Å². The number of benzene rings is 1. The van der Waals surface area contributed by atoms with Crippen LogP contribution < -0.4 is 5.32 Å². The van der Waals surface area contributed by atoms with Crippen LogP contribution in [0.3, 0.4) is 0 Å². The van der Waals surface area contributed by atoms with Gasteiger partial charge in [0, 0.05) is 19.2 Å². The second kappa shape index (κ2) is 8.72. The van der Waals surface area contributed by atoms with Crippen molar-refractivity contribution in [2.75, 3.05) is 33.9 Å². The molecule has 0 aliphatic carbocycles. The van der Waals surface area contributed by atoms with Gasteiger partial charge in [0.2, 0.25) is 0 Å². The molecule has 112 valence electrons. The first-order valence-corrected chi connectivity index (χ1v) is 7.18. The SMILES string of the molecule is CCN(C(=O)c1ccccc1CCNC)C(C)COC. The normalized spacial score (nSPS) is 12.2. The first kappa shape index (κ1) is 16.7. The summed E-state index contributed by atoms with van der Waals surface area (Å²) >= 11 is 0. The van der Waals surface area contributed by atoms with E-state index in [2.05, 4.69) is 5.32 Å². The van der Waals surface area contributed by atoms with Crippen LogP contribution in [0.5, 0.6) is 0 Å². The number of methoxy groups -OCH3 is 1. The Morgan fingerprint density at radius 3 is 2.70 bits per heavy atom. The third kappa shape index (κ3) is 4.32. The van der Waals surface area contributed by atoms with E-state index in [1.165, 1.54) is 0 Å². The quantitative estimate of drug-likeness (QED) is 0.790. The van der Waals surface area contributed by atoms with Gasteiger partial charge in [0.15, 0.2) is 0 Å². The Morgan fingerprint density at radius 1 is 1.40 bits per heavy atom. The minimum absolute atomic E-state index is 0.0786. The Bertz CT molecular complexity index is 421. The number of carbonyl (C=O) groups is 1. The summed E-state index contributed by atoms with van der Waals surface area (Å²) in [6.07, 6.45) is 0.856. The lowest BCUT2D eigenvalue weighted by Gasteiger charge is -2.28. The molecule has 1 N–H and O–H groups in total. The Balaban J connectivity index is 2.94. The lowest BCUT2D eigenvalue weighted by molar-refractivity contribution is 0.0578. The van der Waals surface area contributed by atoms with Crippen LogP contribution in [0.1, 0.15) is 29.8 Å². The Hall–Kier alpha value is -1.39. The number of likely N-dealkylation sites (N-methyl/N-ethyl adjacent to an activating group) is 2. The van der Waals surface area contributed by atoms with Crippen molar-refractivity contribution in [2.24, 2.45) is 0 Å². The summed E-state index contributed by atoms with van der Waals surface area (Å²) in [4.78, 5) is 14.6. The molecule has 0 radical (unpaired) electrons. The fourth-order valence-electron chi connectivity index (χ4n) is 2.35. The maximum atomic E-state index is 12.7. The van der Waals surface area contributed by atoms with Crippen LogP contribution in [-0.4, -0.2) is 50.7 Å². The van der Waals surface area contributed by atoms with E-state index in [9.17, 15) is 4.79 Å². The largest absolute Gasteiger partial charge is 0.383 e. The van der Waals surface area contributed by atoms with E-state index in [1.54, 1.807) is 7.11 Å². The first-order valence-electron chi connectivity index (χ1n) is 7.18. The average Bonchev–Trinajstić information content (AvgIpc) is 2.46. The van der Waals surface area contributed by atoms with Gasteiger partial charge in [-0.15, -0.1) is 0 Å². The van der Waals surface area contributed by atoms with Crippen LogP contribution in [0, 0.1) is 0 Å². The second-order valence-electron chi connectivity index (χ2n) is 4.91. The molecule has 0 saturated carbocycles. The monoisotopic (exact) mass is 278 g/mol. The topological polar surface area (TPSA) is 41.6 Å². The molecule has 20 heavy (non-hydrogen) atoms. The minimum Gasteiger partial charge on any atom is -0.383 e. The van der Waals surface area contributed by atoms with Gasteiger partial charge in [-0.25, -0.2) is 0 Å². The zero-order chi connectivity index (χ0) is 15.0. The zero-order valence-electron chi connectivity index (χ0n) is 13.0. The Kier molecular flexibility index (Phi) is 7.26. The summed E-state index contributed by atoms with van der Waals surface area (Å²) in [6, 6.07) is 7.92. The van der Waals surface area contributed by atoms with Crippen LogP contribution >= 0.6 is 0 Å². The van der Waals surface area contributed by atoms with Crippen molar-refractivity contribution in [2.45, 2.75) is 26.3 Å². The number of nitrogens with zero attached hydrogens (tertiary/aromatic N) is 1. The molecule has 4 nitrogen and oxygen atoms in total. The van der Waals surface area contributed by atoms with E-state index in [0.29, 0.717) is 13.2 Å². The van der Waals surface area contributed by atoms with Crippen molar-refractivity contribution in [3.8, 4) is 0 Å². The first-order chi connectivity index (χ1) is 9.65. The molecule has 0 aromatic heterocycles. The maximum absolute atomic E-state index is 12.7.